The van der Waals surface area contributed by atoms with E-state index < -0.39 is 0 Å². The van der Waals surface area contributed by atoms with E-state index in [1.54, 1.807) is 18.4 Å². The highest BCUT2D eigenvalue weighted by atomic mass is 32.1. The molecule has 1 aromatic carbocycles. The van der Waals surface area contributed by atoms with Gasteiger partial charge in [0.15, 0.2) is 5.96 Å². The average molecular weight is 332 g/mol. The minimum atomic E-state index is 0.226. The number of rotatable bonds is 7. The predicted octanol–water partition coefficient (Wildman–Crippen LogP) is 2.92. The molecule has 1 aromatic heterocycles. The Morgan fingerprint density at radius 1 is 1.30 bits per heavy atom. The second-order valence-electron chi connectivity index (χ2n) is 5.44. The minimum Gasteiger partial charge on any atom is -0.380 e. The van der Waals surface area contributed by atoms with Gasteiger partial charge in [-0.1, -0.05) is 24.3 Å². The largest absolute Gasteiger partial charge is 0.380 e. The van der Waals surface area contributed by atoms with E-state index in [0.29, 0.717) is 19.1 Å². The molecule has 0 saturated carbocycles. The third kappa shape index (κ3) is 5.06. The fraction of sp³-hybridized carbons (Fsp3) is 0.353. The lowest BCUT2D eigenvalue weighted by molar-refractivity contribution is 0.185. The van der Waals surface area contributed by atoms with Crippen molar-refractivity contribution in [3.8, 4) is 0 Å². The summed E-state index contributed by atoms with van der Waals surface area (Å²) in [4.78, 5) is 7.94. The smallest absolute Gasteiger partial charge is 0.193 e. The van der Waals surface area contributed by atoms with Gasteiger partial charge in [0.2, 0.25) is 0 Å². The maximum Gasteiger partial charge on any atom is 0.193 e. The third-order valence-corrected chi connectivity index (χ3v) is 4.48. The van der Waals surface area contributed by atoms with E-state index in [4.69, 9.17) is 10.5 Å². The Morgan fingerprint density at radius 3 is 2.74 bits per heavy atom. The Kier molecular flexibility index (Phi) is 6.58. The second-order valence-corrected chi connectivity index (χ2v) is 6.42. The zero-order valence-electron chi connectivity index (χ0n) is 13.8. The summed E-state index contributed by atoms with van der Waals surface area (Å²) in [5.41, 5.74) is 8.03. The van der Waals surface area contributed by atoms with Gasteiger partial charge in [-0.25, -0.2) is 0 Å². The molecule has 1 unspecified atom stereocenters. The van der Waals surface area contributed by atoms with Crippen molar-refractivity contribution in [3.63, 3.8) is 0 Å². The molecule has 5 nitrogen and oxygen atoms in total. The number of hydrogen-bond donors (Lipinski definition) is 2. The van der Waals surface area contributed by atoms with Crippen molar-refractivity contribution in [1.82, 2.24) is 4.90 Å². The van der Waals surface area contributed by atoms with Crippen molar-refractivity contribution < 1.29 is 4.74 Å². The fourth-order valence-corrected chi connectivity index (χ4v) is 3.19. The first-order valence-corrected chi connectivity index (χ1v) is 8.33. The van der Waals surface area contributed by atoms with E-state index in [9.17, 15) is 0 Å². The molecule has 3 N–H and O–H groups in total. The van der Waals surface area contributed by atoms with E-state index in [2.05, 4.69) is 46.8 Å². The molecule has 6 heteroatoms. The number of methoxy groups -OCH3 is 1. The van der Waals surface area contributed by atoms with Crippen molar-refractivity contribution in [2.24, 2.45) is 10.7 Å². The van der Waals surface area contributed by atoms with Crippen LogP contribution in [0.2, 0.25) is 0 Å². The Hall–Kier alpha value is -1.89. The van der Waals surface area contributed by atoms with Crippen LogP contribution in [0.3, 0.4) is 0 Å². The molecule has 0 amide bonds. The van der Waals surface area contributed by atoms with Gasteiger partial charge in [-0.3, -0.25) is 4.99 Å². The van der Waals surface area contributed by atoms with Gasteiger partial charge in [0, 0.05) is 23.2 Å². The number of nitrogens with one attached hydrogen (secondary N) is 1. The van der Waals surface area contributed by atoms with Gasteiger partial charge in [-0.05, 0) is 31.6 Å². The zero-order chi connectivity index (χ0) is 16.7. The number of aliphatic imine (C=N–C) groups is 1. The van der Waals surface area contributed by atoms with E-state index in [1.807, 2.05) is 24.3 Å². The number of para-hydroxylation sites is 1. The first-order valence-electron chi connectivity index (χ1n) is 7.45. The highest BCUT2D eigenvalue weighted by Crippen LogP contribution is 2.23. The Morgan fingerprint density at radius 2 is 2.09 bits per heavy atom. The molecule has 124 valence electrons. The molecule has 23 heavy (non-hydrogen) atoms. The second kappa shape index (κ2) is 8.67. The van der Waals surface area contributed by atoms with Gasteiger partial charge >= 0.3 is 0 Å². The number of nitrogens with two attached hydrogens (primary N) is 1. The van der Waals surface area contributed by atoms with E-state index >= 15 is 0 Å². The number of ether oxygens (including phenoxy) is 1. The molecule has 2 aromatic rings. The Labute approximate surface area is 141 Å². The predicted molar refractivity (Wildman–Crippen MR) is 98.0 cm³/mol. The van der Waals surface area contributed by atoms with Gasteiger partial charge in [0.1, 0.15) is 0 Å². The van der Waals surface area contributed by atoms with Crippen LogP contribution >= 0.6 is 11.3 Å². The maximum absolute atomic E-state index is 6.06. The van der Waals surface area contributed by atoms with Gasteiger partial charge in [-0.2, -0.15) is 0 Å². The fourth-order valence-electron chi connectivity index (χ4n) is 2.27. The summed E-state index contributed by atoms with van der Waals surface area (Å²) in [7, 11) is 5.78. The molecule has 0 aliphatic heterocycles. The van der Waals surface area contributed by atoms with Crippen LogP contribution in [0, 0.1) is 0 Å². The van der Waals surface area contributed by atoms with Crippen LogP contribution in [-0.4, -0.2) is 38.6 Å². The Balaban J connectivity index is 2.05. The highest BCUT2D eigenvalue weighted by molar-refractivity contribution is 7.10. The van der Waals surface area contributed by atoms with Crippen LogP contribution in [0.25, 0.3) is 0 Å². The molecule has 1 atom stereocenters. The summed E-state index contributed by atoms with van der Waals surface area (Å²) < 4.78 is 5.20. The zero-order valence-corrected chi connectivity index (χ0v) is 14.6. The third-order valence-electron chi connectivity index (χ3n) is 3.51. The number of likely N-dealkylation sites (N-methyl/N-ethyl adjacent to an activating group) is 1. The van der Waals surface area contributed by atoms with Gasteiger partial charge in [0.25, 0.3) is 0 Å². The molecule has 0 spiro atoms. The van der Waals surface area contributed by atoms with E-state index in [-0.39, 0.29) is 6.04 Å². The van der Waals surface area contributed by atoms with Crippen molar-refractivity contribution in [3.05, 3.63) is 52.2 Å². The lowest BCUT2D eigenvalue weighted by Gasteiger charge is -2.21. The normalized spacial score (nSPS) is 13.3. The highest BCUT2D eigenvalue weighted by Gasteiger charge is 2.14. The minimum absolute atomic E-state index is 0.226. The van der Waals surface area contributed by atoms with E-state index in [1.165, 1.54) is 4.88 Å². The maximum atomic E-state index is 6.06. The molecule has 0 fully saturated rings. The summed E-state index contributed by atoms with van der Waals surface area (Å²) >= 11 is 1.74. The number of nitrogens with zero attached hydrogens (tertiary/aromatic N) is 2. The molecule has 1 heterocycles. The lowest BCUT2D eigenvalue weighted by Crippen LogP contribution is -2.27. The Bertz CT molecular complexity index is 625. The van der Waals surface area contributed by atoms with Crippen molar-refractivity contribution in [2.75, 3.05) is 33.1 Å². The molecule has 0 aliphatic carbocycles. The van der Waals surface area contributed by atoms with E-state index in [0.717, 1.165) is 11.3 Å². The topological polar surface area (TPSA) is 62.9 Å². The number of guanidine groups is 1. The number of thiophene rings is 1. The molecule has 0 radical (unpaired) electrons. The summed E-state index contributed by atoms with van der Waals surface area (Å²) in [5.74, 6) is 0.414. The summed E-state index contributed by atoms with van der Waals surface area (Å²) in [5, 5.41) is 5.25. The molecular formula is C17H24N4OS. The van der Waals surface area contributed by atoms with Gasteiger partial charge in [0.05, 0.1) is 19.2 Å². The van der Waals surface area contributed by atoms with Crippen LogP contribution in [0.1, 0.15) is 16.5 Å². The van der Waals surface area contributed by atoms with Crippen LogP contribution in [0.15, 0.2) is 46.8 Å². The summed E-state index contributed by atoms with van der Waals surface area (Å²) in [6.45, 7) is 1.14. The molecular weight excluding hydrogens is 308 g/mol. The van der Waals surface area contributed by atoms with Crippen LogP contribution in [0.5, 0.6) is 0 Å². The number of benzene rings is 1. The quantitative estimate of drug-likeness (QED) is 0.604. The SMILES string of the molecule is COCc1ccccc1NC(N)=NCC(c1cccs1)N(C)C. The van der Waals surface area contributed by atoms with Gasteiger partial charge < -0.3 is 20.7 Å². The molecule has 2 rings (SSSR count). The van der Waals surface area contributed by atoms with Crippen molar-refractivity contribution in [2.45, 2.75) is 12.6 Å². The molecule has 0 saturated heterocycles. The number of anilines is 1. The van der Waals surface area contributed by atoms with Crippen molar-refractivity contribution in [1.29, 1.82) is 0 Å². The van der Waals surface area contributed by atoms with Crippen molar-refractivity contribution >= 4 is 23.0 Å². The van der Waals surface area contributed by atoms with Crippen LogP contribution in [0.4, 0.5) is 5.69 Å². The monoisotopic (exact) mass is 332 g/mol. The summed E-state index contributed by atoms with van der Waals surface area (Å²) in [6.07, 6.45) is 0. The summed E-state index contributed by atoms with van der Waals surface area (Å²) in [6, 6.07) is 12.3. The molecule has 0 aliphatic rings. The molecule has 0 bridgehead atoms. The van der Waals surface area contributed by atoms with Crippen LogP contribution < -0.4 is 11.1 Å². The first kappa shape index (κ1) is 17.5. The first-order chi connectivity index (χ1) is 11.1. The number of hydrogen-bond acceptors (Lipinski definition) is 4. The van der Waals surface area contributed by atoms with Gasteiger partial charge in [-0.15, -0.1) is 11.3 Å². The lowest BCUT2D eigenvalue weighted by atomic mass is 10.2. The van der Waals surface area contributed by atoms with Crippen LogP contribution in [-0.2, 0) is 11.3 Å². The average Bonchev–Trinajstić information content (AvgIpc) is 3.03. The standard InChI is InChI=1S/C17H24N4OS/c1-21(2)15(16-9-6-10-23-16)11-19-17(18)20-14-8-5-4-7-13(14)12-22-3/h4-10,15H,11-12H2,1-3H3,(H3,18,19,20).